The standard InChI is InChI=1S/C5H4F5NO5/c6-4(7,2(12)13)3(14,1-11(15)16)5(8,9)10/h14H,1H2,(H,12,13). The van der Waals surface area contributed by atoms with Crippen molar-refractivity contribution in [2.45, 2.75) is 17.7 Å². The topological polar surface area (TPSA) is 101 Å². The highest BCUT2D eigenvalue weighted by Gasteiger charge is 2.76. The molecule has 16 heavy (non-hydrogen) atoms. The minimum atomic E-state index is -6.16. The number of nitrogens with zero attached hydrogens (tertiary/aromatic N) is 1. The SMILES string of the molecule is O=C(O)C(F)(F)C(O)(C[N+](=O)[O-])C(F)(F)F. The molecule has 0 aromatic carbocycles. The Morgan fingerprint density at radius 3 is 1.81 bits per heavy atom. The Morgan fingerprint density at radius 2 is 1.62 bits per heavy atom. The predicted octanol–water partition coefficient (Wildman–Crippen LogP) is 0.276. The Morgan fingerprint density at radius 1 is 1.25 bits per heavy atom. The third-order valence-electron chi connectivity index (χ3n) is 1.61. The van der Waals surface area contributed by atoms with Gasteiger partial charge in [0.25, 0.3) is 0 Å². The molecule has 0 aliphatic heterocycles. The maximum Gasteiger partial charge on any atom is 0.430 e. The molecule has 0 aliphatic rings. The fourth-order valence-electron chi connectivity index (χ4n) is 0.731. The van der Waals surface area contributed by atoms with Crippen LogP contribution in [0.3, 0.4) is 0 Å². The first-order valence-electron chi connectivity index (χ1n) is 3.38. The van der Waals surface area contributed by atoms with Gasteiger partial charge in [0.15, 0.2) is 0 Å². The summed E-state index contributed by atoms with van der Waals surface area (Å²) in [5.41, 5.74) is -5.25. The first-order chi connectivity index (χ1) is 6.86. The molecule has 0 heterocycles. The lowest BCUT2D eigenvalue weighted by Crippen LogP contribution is -2.65. The van der Waals surface area contributed by atoms with Crippen molar-refractivity contribution in [1.29, 1.82) is 0 Å². The first kappa shape index (κ1) is 14.5. The largest absolute Gasteiger partial charge is 0.477 e. The van der Waals surface area contributed by atoms with Gasteiger partial charge in [-0.1, -0.05) is 0 Å². The van der Waals surface area contributed by atoms with Crippen LogP contribution >= 0.6 is 0 Å². The van der Waals surface area contributed by atoms with Gasteiger partial charge in [-0.15, -0.1) is 0 Å². The zero-order chi connectivity index (χ0) is 13.4. The van der Waals surface area contributed by atoms with Crippen LogP contribution in [0.4, 0.5) is 22.0 Å². The number of carboxylic acid groups (broad SMARTS) is 1. The second-order valence-corrected chi connectivity index (χ2v) is 2.73. The van der Waals surface area contributed by atoms with Gasteiger partial charge >= 0.3 is 23.7 Å². The third-order valence-corrected chi connectivity index (χ3v) is 1.61. The highest BCUT2D eigenvalue weighted by atomic mass is 19.4. The molecule has 0 amide bonds. The molecule has 0 spiro atoms. The quantitative estimate of drug-likeness (QED) is 0.425. The molecule has 0 aromatic rings. The van der Waals surface area contributed by atoms with Crippen molar-refractivity contribution in [3.05, 3.63) is 10.1 Å². The van der Waals surface area contributed by atoms with Crippen LogP contribution in [0.1, 0.15) is 0 Å². The maximum atomic E-state index is 12.6. The van der Waals surface area contributed by atoms with Crippen LogP contribution in [0.25, 0.3) is 0 Å². The fourth-order valence-corrected chi connectivity index (χ4v) is 0.731. The zero-order valence-corrected chi connectivity index (χ0v) is 7.16. The van der Waals surface area contributed by atoms with Crippen molar-refractivity contribution in [1.82, 2.24) is 0 Å². The summed E-state index contributed by atoms with van der Waals surface area (Å²) >= 11 is 0. The van der Waals surface area contributed by atoms with E-state index in [1.165, 1.54) is 0 Å². The smallest absolute Gasteiger partial charge is 0.430 e. The number of nitro groups is 1. The summed E-state index contributed by atoms with van der Waals surface area (Å²) in [6, 6.07) is 0. The van der Waals surface area contributed by atoms with E-state index < -0.39 is 35.1 Å². The number of hydrogen-bond donors (Lipinski definition) is 2. The lowest BCUT2D eigenvalue weighted by Gasteiger charge is -2.30. The second kappa shape index (κ2) is 3.81. The monoisotopic (exact) mass is 253 g/mol. The number of alkyl halides is 5. The molecule has 0 bridgehead atoms. The van der Waals surface area contributed by atoms with E-state index in [9.17, 15) is 36.9 Å². The Bertz CT molecular complexity index is 315. The van der Waals surface area contributed by atoms with Crippen molar-refractivity contribution >= 4 is 5.97 Å². The summed E-state index contributed by atoms with van der Waals surface area (Å²) in [5, 5.41) is 26.1. The maximum absolute atomic E-state index is 12.6. The number of aliphatic hydroxyl groups is 1. The van der Waals surface area contributed by atoms with E-state index in [4.69, 9.17) is 10.2 Å². The molecule has 11 heteroatoms. The Hall–Kier alpha value is -1.52. The van der Waals surface area contributed by atoms with Crippen molar-refractivity contribution in [3.8, 4) is 0 Å². The van der Waals surface area contributed by atoms with Crippen LogP contribution in [0.15, 0.2) is 0 Å². The van der Waals surface area contributed by atoms with Gasteiger partial charge < -0.3 is 10.2 Å². The van der Waals surface area contributed by atoms with Gasteiger partial charge in [-0.25, -0.2) is 4.79 Å². The zero-order valence-electron chi connectivity index (χ0n) is 7.16. The molecule has 0 rings (SSSR count). The average Bonchev–Trinajstić information content (AvgIpc) is 1.99. The van der Waals surface area contributed by atoms with Crippen molar-refractivity contribution in [2.24, 2.45) is 0 Å². The van der Waals surface area contributed by atoms with Gasteiger partial charge in [0.2, 0.25) is 6.54 Å². The van der Waals surface area contributed by atoms with Crippen LogP contribution in [-0.4, -0.2) is 45.4 Å². The molecular formula is C5H4F5NO5. The van der Waals surface area contributed by atoms with Crippen LogP contribution in [0.2, 0.25) is 0 Å². The number of halogens is 5. The Labute approximate surface area is 83.4 Å². The molecular weight excluding hydrogens is 249 g/mol. The van der Waals surface area contributed by atoms with Gasteiger partial charge in [-0.2, -0.15) is 22.0 Å². The third kappa shape index (κ3) is 2.18. The molecule has 0 aromatic heterocycles. The number of hydrogen-bond acceptors (Lipinski definition) is 4. The molecule has 0 saturated carbocycles. The van der Waals surface area contributed by atoms with Crippen molar-refractivity contribution < 1.29 is 41.9 Å². The van der Waals surface area contributed by atoms with Crippen LogP contribution in [0, 0.1) is 10.1 Å². The van der Waals surface area contributed by atoms with E-state index >= 15 is 0 Å². The molecule has 0 aliphatic carbocycles. The van der Waals surface area contributed by atoms with E-state index in [-0.39, 0.29) is 0 Å². The summed E-state index contributed by atoms with van der Waals surface area (Å²) in [7, 11) is 0. The van der Waals surface area contributed by atoms with E-state index in [2.05, 4.69) is 0 Å². The summed E-state index contributed by atoms with van der Waals surface area (Å²) < 4.78 is 61.2. The summed E-state index contributed by atoms with van der Waals surface area (Å²) in [4.78, 5) is 17.7. The lowest BCUT2D eigenvalue weighted by molar-refractivity contribution is -0.527. The van der Waals surface area contributed by atoms with Gasteiger partial charge in [0.05, 0.1) is 0 Å². The predicted molar refractivity (Wildman–Crippen MR) is 35.4 cm³/mol. The summed E-state index contributed by atoms with van der Waals surface area (Å²) in [6.45, 7) is -2.67. The number of rotatable bonds is 4. The molecule has 0 saturated heterocycles. The van der Waals surface area contributed by atoms with Crippen molar-refractivity contribution in [2.75, 3.05) is 6.54 Å². The lowest BCUT2D eigenvalue weighted by atomic mass is 9.95. The minimum Gasteiger partial charge on any atom is -0.477 e. The summed E-state index contributed by atoms with van der Waals surface area (Å²) in [5.74, 6) is -9.03. The molecule has 1 atom stereocenters. The Kier molecular flexibility index (Phi) is 3.45. The number of carbonyl (C=O) groups is 1. The van der Waals surface area contributed by atoms with E-state index in [0.29, 0.717) is 0 Å². The van der Waals surface area contributed by atoms with Gasteiger partial charge in [-0.3, -0.25) is 10.1 Å². The molecule has 0 radical (unpaired) electrons. The first-order valence-corrected chi connectivity index (χ1v) is 3.38. The average molecular weight is 253 g/mol. The normalized spacial score (nSPS) is 16.6. The van der Waals surface area contributed by atoms with Crippen molar-refractivity contribution in [3.63, 3.8) is 0 Å². The van der Waals surface area contributed by atoms with Crippen LogP contribution < -0.4 is 0 Å². The van der Waals surface area contributed by atoms with E-state index in [1.54, 1.807) is 0 Å². The molecule has 1 unspecified atom stereocenters. The molecule has 2 N–H and O–H groups in total. The van der Waals surface area contributed by atoms with Crippen LogP contribution in [-0.2, 0) is 4.79 Å². The van der Waals surface area contributed by atoms with E-state index in [0.717, 1.165) is 0 Å². The number of aliphatic carboxylic acids is 1. The van der Waals surface area contributed by atoms with Crippen LogP contribution in [0.5, 0.6) is 0 Å². The molecule has 0 fully saturated rings. The Balaban J connectivity index is 5.59. The summed E-state index contributed by atoms with van der Waals surface area (Å²) in [6.07, 6.45) is -6.16. The fraction of sp³-hybridized carbons (Fsp3) is 0.800. The highest BCUT2D eigenvalue weighted by molar-refractivity contribution is 5.77. The van der Waals surface area contributed by atoms with Gasteiger partial charge in [-0.05, 0) is 0 Å². The minimum absolute atomic E-state index is 1.88. The second-order valence-electron chi connectivity index (χ2n) is 2.73. The van der Waals surface area contributed by atoms with Gasteiger partial charge in [0, 0.05) is 4.92 Å². The highest BCUT2D eigenvalue weighted by Crippen LogP contribution is 2.42. The molecule has 94 valence electrons. The molecule has 6 nitrogen and oxygen atoms in total. The van der Waals surface area contributed by atoms with Gasteiger partial charge in [0.1, 0.15) is 0 Å². The number of carboxylic acids is 1. The van der Waals surface area contributed by atoms with E-state index in [1.807, 2.05) is 0 Å².